The summed E-state index contributed by atoms with van der Waals surface area (Å²) in [5.41, 5.74) is 2.51. The van der Waals surface area contributed by atoms with Crippen LogP contribution in [0.3, 0.4) is 0 Å². The number of nitrogens with two attached hydrogens (primary N) is 1. The Morgan fingerprint density at radius 3 is 2.07 bits per heavy atom. The molecule has 0 aromatic heterocycles. The summed E-state index contributed by atoms with van der Waals surface area (Å²) in [6.45, 7) is 4.53. The molecular formula is C9H18N2O4. The number of carbonyl (C=O) groups is 2. The van der Waals surface area contributed by atoms with Crippen molar-refractivity contribution < 1.29 is 19.8 Å². The van der Waals surface area contributed by atoms with E-state index in [1.165, 1.54) is 6.92 Å². The Labute approximate surface area is 88.5 Å². The largest absolute Gasteiger partial charge is 0.479 e. The van der Waals surface area contributed by atoms with E-state index in [0.29, 0.717) is 0 Å². The normalized spacial score (nSPS) is 15.7. The second-order valence-corrected chi connectivity index (χ2v) is 4.43. The highest BCUT2D eigenvalue weighted by Gasteiger charge is 2.31. The number of hydrogen-bond donors (Lipinski definition) is 4. The number of carbonyl (C=O) groups excluding carboxylic acids is 1. The summed E-state index contributed by atoms with van der Waals surface area (Å²) in [6, 6.07) is 0. The van der Waals surface area contributed by atoms with E-state index in [1.54, 1.807) is 13.8 Å². The lowest BCUT2D eigenvalue weighted by molar-refractivity contribution is -0.156. The summed E-state index contributed by atoms with van der Waals surface area (Å²) in [7, 11) is 0. The molecule has 1 unspecified atom stereocenters. The van der Waals surface area contributed by atoms with Gasteiger partial charge in [0.1, 0.15) is 0 Å². The molecule has 0 rings (SSSR count). The summed E-state index contributed by atoms with van der Waals surface area (Å²) < 4.78 is 0. The summed E-state index contributed by atoms with van der Waals surface area (Å²) in [5, 5.41) is 20.6. The maximum Gasteiger partial charge on any atom is 0.336 e. The van der Waals surface area contributed by atoms with Crippen LogP contribution in [0.25, 0.3) is 0 Å². The van der Waals surface area contributed by atoms with E-state index in [2.05, 4.69) is 5.32 Å². The molecule has 0 aliphatic carbocycles. The van der Waals surface area contributed by atoms with Crippen LogP contribution in [0, 0.1) is 5.41 Å². The lowest BCUT2D eigenvalue weighted by atomic mass is 9.92. The standard InChI is InChI=1S/C9H18N2O4/c1-8(2,6(10)12)4-11-5-9(3,15)7(13)14/h11,15H,4-5H2,1-3H3,(H2,10,12)(H,13,14). The summed E-state index contributed by atoms with van der Waals surface area (Å²) >= 11 is 0. The highest BCUT2D eigenvalue weighted by atomic mass is 16.4. The van der Waals surface area contributed by atoms with Crippen LogP contribution in [-0.4, -0.2) is 40.8 Å². The smallest absolute Gasteiger partial charge is 0.336 e. The summed E-state index contributed by atoms with van der Waals surface area (Å²) in [6.07, 6.45) is 0. The Hall–Kier alpha value is -1.14. The van der Waals surface area contributed by atoms with Gasteiger partial charge in [-0.3, -0.25) is 4.79 Å². The second kappa shape index (κ2) is 4.59. The molecule has 88 valence electrons. The highest BCUT2D eigenvalue weighted by Crippen LogP contribution is 2.12. The fourth-order valence-electron chi connectivity index (χ4n) is 0.781. The molecule has 0 fully saturated rings. The molecule has 0 saturated carbocycles. The van der Waals surface area contributed by atoms with Crippen molar-refractivity contribution in [3.8, 4) is 0 Å². The second-order valence-electron chi connectivity index (χ2n) is 4.43. The van der Waals surface area contributed by atoms with Gasteiger partial charge in [-0.15, -0.1) is 0 Å². The first-order chi connectivity index (χ1) is 6.59. The lowest BCUT2D eigenvalue weighted by Gasteiger charge is -2.24. The number of aliphatic carboxylic acids is 1. The van der Waals surface area contributed by atoms with E-state index in [1.807, 2.05) is 0 Å². The lowest BCUT2D eigenvalue weighted by Crippen LogP contribution is -2.49. The van der Waals surface area contributed by atoms with Gasteiger partial charge < -0.3 is 21.3 Å². The summed E-state index contributed by atoms with van der Waals surface area (Å²) in [4.78, 5) is 21.4. The number of hydrogen-bond acceptors (Lipinski definition) is 4. The zero-order valence-corrected chi connectivity index (χ0v) is 9.20. The average molecular weight is 218 g/mol. The average Bonchev–Trinajstić information content (AvgIpc) is 2.02. The van der Waals surface area contributed by atoms with Crippen LogP contribution >= 0.6 is 0 Å². The van der Waals surface area contributed by atoms with Gasteiger partial charge in [0.25, 0.3) is 0 Å². The van der Waals surface area contributed by atoms with E-state index in [-0.39, 0.29) is 13.1 Å². The maximum atomic E-state index is 10.9. The molecule has 0 saturated heterocycles. The minimum absolute atomic E-state index is 0.140. The van der Waals surface area contributed by atoms with Crippen molar-refractivity contribution in [2.24, 2.45) is 11.1 Å². The van der Waals surface area contributed by atoms with Crippen molar-refractivity contribution in [3.05, 3.63) is 0 Å². The Kier molecular flexibility index (Phi) is 4.24. The molecule has 1 amide bonds. The van der Waals surface area contributed by atoms with E-state index < -0.39 is 22.9 Å². The molecule has 15 heavy (non-hydrogen) atoms. The van der Waals surface area contributed by atoms with Gasteiger partial charge in [-0.1, -0.05) is 0 Å². The minimum atomic E-state index is -1.84. The fourth-order valence-corrected chi connectivity index (χ4v) is 0.781. The van der Waals surface area contributed by atoms with Crippen LogP contribution in [0.2, 0.25) is 0 Å². The van der Waals surface area contributed by atoms with Crippen LogP contribution < -0.4 is 11.1 Å². The zero-order chi connectivity index (χ0) is 12.3. The Bertz CT molecular complexity index is 235. The van der Waals surface area contributed by atoms with Gasteiger partial charge in [-0.2, -0.15) is 0 Å². The minimum Gasteiger partial charge on any atom is -0.479 e. The number of rotatable bonds is 6. The molecule has 0 spiro atoms. The molecule has 0 aromatic carbocycles. The SMILES string of the molecule is CC(C)(CNCC(C)(O)C(=O)O)C(N)=O. The van der Waals surface area contributed by atoms with Crippen LogP contribution in [0.4, 0.5) is 0 Å². The monoisotopic (exact) mass is 218 g/mol. The first kappa shape index (κ1) is 13.9. The number of primary amides is 1. The molecule has 0 aromatic rings. The van der Waals surface area contributed by atoms with Crippen LogP contribution in [0.15, 0.2) is 0 Å². The van der Waals surface area contributed by atoms with Gasteiger partial charge in [-0.05, 0) is 20.8 Å². The van der Waals surface area contributed by atoms with Crippen LogP contribution in [0.5, 0.6) is 0 Å². The fraction of sp³-hybridized carbons (Fsp3) is 0.778. The molecule has 0 radical (unpaired) electrons. The van der Waals surface area contributed by atoms with Crippen LogP contribution in [0.1, 0.15) is 20.8 Å². The number of carboxylic acids is 1. The van der Waals surface area contributed by atoms with Crippen LogP contribution in [-0.2, 0) is 9.59 Å². The van der Waals surface area contributed by atoms with Gasteiger partial charge >= 0.3 is 5.97 Å². The van der Waals surface area contributed by atoms with E-state index in [9.17, 15) is 14.7 Å². The molecule has 6 heteroatoms. The Balaban J connectivity index is 4.11. The topological polar surface area (TPSA) is 113 Å². The number of amides is 1. The predicted molar refractivity (Wildman–Crippen MR) is 54.1 cm³/mol. The predicted octanol–water partition coefficient (Wildman–Crippen LogP) is -1.08. The van der Waals surface area contributed by atoms with E-state index >= 15 is 0 Å². The molecule has 6 nitrogen and oxygen atoms in total. The maximum absolute atomic E-state index is 10.9. The molecule has 0 bridgehead atoms. The number of nitrogens with one attached hydrogen (secondary N) is 1. The third-order valence-corrected chi connectivity index (χ3v) is 2.16. The molecule has 0 aliphatic rings. The summed E-state index contributed by atoms with van der Waals surface area (Å²) in [5.74, 6) is -1.79. The van der Waals surface area contributed by atoms with Gasteiger partial charge in [-0.25, -0.2) is 4.79 Å². The Morgan fingerprint density at radius 2 is 1.73 bits per heavy atom. The highest BCUT2D eigenvalue weighted by molar-refractivity contribution is 5.80. The zero-order valence-electron chi connectivity index (χ0n) is 9.20. The molecule has 1 atom stereocenters. The van der Waals surface area contributed by atoms with Crippen molar-refractivity contribution >= 4 is 11.9 Å². The number of carboxylic acid groups (broad SMARTS) is 1. The van der Waals surface area contributed by atoms with Gasteiger partial charge in [0, 0.05) is 13.1 Å². The van der Waals surface area contributed by atoms with Crippen molar-refractivity contribution in [3.63, 3.8) is 0 Å². The third kappa shape index (κ3) is 4.26. The van der Waals surface area contributed by atoms with Crippen molar-refractivity contribution in [1.82, 2.24) is 5.32 Å². The third-order valence-electron chi connectivity index (χ3n) is 2.16. The molecular weight excluding hydrogens is 200 g/mol. The quantitative estimate of drug-likeness (QED) is 0.453. The van der Waals surface area contributed by atoms with Gasteiger partial charge in [0.15, 0.2) is 5.60 Å². The van der Waals surface area contributed by atoms with Crippen molar-refractivity contribution in [2.45, 2.75) is 26.4 Å². The van der Waals surface area contributed by atoms with E-state index in [0.717, 1.165) is 0 Å². The van der Waals surface area contributed by atoms with Gasteiger partial charge in [0.2, 0.25) is 5.91 Å². The van der Waals surface area contributed by atoms with Crippen molar-refractivity contribution in [1.29, 1.82) is 0 Å². The molecule has 0 heterocycles. The molecule has 5 N–H and O–H groups in total. The first-order valence-electron chi connectivity index (χ1n) is 4.56. The van der Waals surface area contributed by atoms with Gasteiger partial charge in [0.05, 0.1) is 5.41 Å². The molecule has 0 aliphatic heterocycles. The number of aliphatic hydroxyl groups is 1. The Morgan fingerprint density at radius 1 is 1.27 bits per heavy atom. The van der Waals surface area contributed by atoms with Crippen molar-refractivity contribution in [2.75, 3.05) is 13.1 Å². The first-order valence-corrected chi connectivity index (χ1v) is 4.56. The van der Waals surface area contributed by atoms with E-state index in [4.69, 9.17) is 10.8 Å².